The van der Waals surface area contributed by atoms with E-state index in [-0.39, 0.29) is 79.5 Å². The van der Waals surface area contributed by atoms with Crippen molar-refractivity contribution in [1.29, 1.82) is 0 Å². The minimum Gasteiger partial charge on any atom is -0.733 e. The average Bonchev–Trinajstić information content (AvgIpc) is 2.96. The number of carbonyl (C=O) groups excluding carboxylic acids is 3. The molecule has 1 aromatic rings. The van der Waals surface area contributed by atoms with E-state index in [2.05, 4.69) is 53.8 Å². The van der Waals surface area contributed by atoms with Crippen LogP contribution in [0.25, 0.3) is 0 Å². The van der Waals surface area contributed by atoms with E-state index >= 15 is 0 Å². The number of amides is 1. The SMILES string of the molecule is CC(=O)O[C@@H]1CC[C@]2(C)[C@H](CC[C@]3(C)[C@@H]2C(=O)C=C2[C@@H]4C[C@](C)(C(=O)Nc5ccc(N([O-])O)cc5)CC[C@@]4(C)CC[C@@]23C)C1(C)C. The van der Waals surface area contributed by atoms with Crippen LogP contribution in [0, 0.1) is 55.5 Å². The summed E-state index contributed by atoms with van der Waals surface area (Å²) in [6, 6.07) is 6.21. The van der Waals surface area contributed by atoms with Crippen molar-refractivity contribution in [3.63, 3.8) is 0 Å². The van der Waals surface area contributed by atoms with Crippen molar-refractivity contribution in [2.24, 2.45) is 50.2 Å². The zero-order valence-electron chi connectivity index (χ0n) is 29.0. The molecule has 4 saturated carbocycles. The van der Waals surface area contributed by atoms with Crippen molar-refractivity contribution in [3.8, 4) is 0 Å². The first-order valence-electron chi connectivity index (χ1n) is 17.3. The summed E-state index contributed by atoms with van der Waals surface area (Å²) < 4.78 is 5.86. The molecule has 9 atom stereocenters. The Balaban J connectivity index is 1.32. The van der Waals surface area contributed by atoms with Gasteiger partial charge in [-0.2, -0.15) is 0 Å². The quantitative estimate of drug-likeness (QED) is 0.253. The highest BCUT2D eigenvalue weighted by Crippen LogP contribution is 2.75. The first-order valence-corrected chi connectivity index (χ1v) is 17.3. The molecule has 0 bridgehead atoms. The maximum atomic E-state index is 14.7. The lowest BCUT2D eigenvalue weighted by atomic mass is 9.33. The van der Waals surface area contributed by atoms with Gasteiger partial charge in [-0.1, -0.05) is 54.0 Å². The Morgan fingerprint density at radius 3 is 2.22 bits per heavy atom. The number of nitrogens with one attached hydrogen (secondary N) is 1. The van der Waals surface area contributed by atoms with Crippen LogP contribution < -0.4 is 10.5 Å². The van der Waals surface area contributed by atoms with Gasteiger partial charge in [0.05, 0.1) is 5.69 Å². The fraction of sp³-hybridized carbons (Fsp3) is 0.711. The molecule has 5 aliphatic carbocycles. The summed E-state index contributed by atoms with van der Waals surface area (Å²) in [4.78, 5) is 40.5. The summed E-state index contributed by atoms with van der Waals surface area (Å²) in [5, 5.41) is 23.3. The summed E-state index contributed by atoms with van der Waals surface area (Å²) >= 11 is 0. The van der Waals surface area contributed by atoms with Gasteiger partial charge in [0.15, 0.2) is 5.78 Å². The van der Waals surface area contributed by atoms with Crippen LogP contribution in [0.4, 0.5) is 11.4 Å². The van der Waals surface area contributed by atoms with Crippen molar-refractivity contribution in [2.45, 2.75) is 119 Å². The molecule has 8 nitrogen and oxygen atoms in total. The lowest BCUT2D eigenvalue weighted by molar-refractivity contribution is -0.210. The molecule has 2 N–H and O–H groups in total. The molecule has 0 spiro atoms. The number of hydrogen-bond acceptors (Lipinski definition) is 7. The maximum absolute atomic E-state index is 14.7. The number of carbonyl (C=O) groups is 3. The molecule has 0 saturated heterocycles. The molecular formula is C38H53N2O6-. The third-order valence-electron chi connectivity index (χ3n) is 14.7. The molecule has 8 heteroatoms. The van der Waals surface area contributed by atoms with Crippen LogP contribution in [0.15, 0.2) is 35.9 Å². The maximum Gasteiger partial charge on any atom is 0.302 e. The van der Waals surface area contributed by atoms with E-state index in [0.717, 1.165) is 51.4 Å². The van der Waals surface area contributed by atoms with Gasteiger partial charge < -0.3 is 20.5 Å². The van der Waals surface area contributed by atoms with Crippen molar-refractivity contribution in [2.75, 3.05) is 10.5 Å². The van der Waals surface area contributed by atoms with Gasteiger partial charge >= 0.3 is 5.97 Å². The second-order valence-corrected chi connectivity index (χ2v) is 17.5. The summed E-state index contributed by atoms with van der Waals surface area (Å²) in [6.07, 6.45) is 10.0. The molecule has 1 aromatic carbocycles. The summed E-state index contributed by atoms with van der Waals surface area (Å²) in [6.45, 7) is 17.6. The van der Waals surface area contributed by atoms with E-state index in [4.69, 9.17) is 4.74 Å². The molecule has 252 valence electrons. The van der Waals surface area contributed by atoms with Gasteiger partial charge in [0.25, 0.3) is 0 Å². The number of allylic oxidation sites excluding steroid dienone is 2. The number of fused-ring (bicyclic) bond motifs is 7. The molecule has 5 aliphatic rings. The molecule has 0 radical (unpaired) electrons. The topological polar surface area (TPSA) is 119 Å². The number of nitrogens with zero attached hydrogens (tertiary/aromatic N) is 1. The van der Waals surface area contributed by atoms with Gasteiger partial charge in [0.2, 0.25) is 5.91 Å². The number of ketones is 1. The molecule has 0 unspecified atom stereocenters. The number of rotatable bonds is 4. The van der Waals surface area contributed by atoms with E-state index in [9.17, 15) is 24.8 Å². The minimum absolute atomic E-state index is 0.0279. The second-order valence-electron chi connectivity index (χ2n) is 17.5. The number of benzene rings is 1. The lowest BCUT2D eigenvalue weighted by Crippen LogP contribution is -2.66. The lowest BCUT2D eigenvalue weighted by Gasteiger charge is -2.70. The highest BCUT2D eigenvalue weighted by molar-refractivity contribution is 5.97. The van der Waals surface area contributed by atoms with Gasteiger partial charge in [-0.15, -0.1) is 0 Å². The Labute approximate surface area is 274 Å². The molecule has 0 aromatic heterocycles. The Morgan fingerprint density at radius 2 is 1.59 bits per heavy atom. The van der Waals surface area contributed by atoms with Gasteiger partial charge in [-0.3, -0.25) is 19.6 Å². The fourth-order valence-corrected chi connectivity index (χ4v) is 11.7. The normalized spacial score (nSPS) is 42.7. The van der Waals surface area contributed by atoms with E-state index < -0.39 is 5.41 Å². The van der Waals surface area contributed by atoms with Gasteiger partial charge in [-0.05, 0) is 122 Å². The largest absolute Gasteiger partial charge is 0.733 e. The Morgan fingerprint density at radius 1 is 0.935 bits per heavy atom. The summed E-state index contributed by atoms with van der Waals surface area (Å²) in [5.41, 5.74) is 0.591. The van der Waals surface area contributed by atoms with Crippen molar-refractivity contribution in [1.82, 2.24) is 0 Å². The third-order valence-corrected chi connectivity index (χ3v) is 14.7. The summed E-state index contributed by atoms with van der Waals surface area (Å²) in [7, 11) is 0. The van der Waals surface area contributed by atoms with Crippen molar-refractivity contribution in [3.05, 3.63) is 41.1 Å². The number of esters is 1. The standard InChI is InChI=1S/C38H53N2O6/c1-23(41)46-30-14-15-36(6)29(33(30,2)3)13-16-38(8)31(36)28(42)21-26-27-22-35(5,18-17-34(27,4)19-20-37(26,38)7)32(43)39-24-9-11-25(12-10-24)40(44)45/h9-12,21,27,29-31,44H,13-20,22H2,1-8H3,(H,39,43)/q-1/t27-,29+,30+,31+,34-,35+,36+,37-,38+/m0/s1. The van der Waals surface area contributed by atoms with E-state index in [0.29, 0.717) is 12.1 Å². The highest BCUT2D eigenvalue weighted by atomic mass is 16.8. The first kappa shape index (κ1) is 33.2. The van der Waals surface area contributed by atoms with E-state index in [1.54, 1.807) is 12.1 Å². The molecule has 4 fully saturated rings. The first-order chi connectivity index (χ1) is 21.3. The average molecular weight is 634 g/mol. The number of anilines is 2. The van der Waals surface area contributed by atoms with Crippen LogP contribution in [0.3, 0.4) is 0 Å². The third kappa shape index (κ3) is 4.71. The van der Waals surface area contributed by atoms with Crippen LogP contribution >= 0.6 is 0 Å². The van der Waals surface area contributed by atoms with Crippen LogP contribution in [-0.2, 0) is 19.1 Å². The summed E-state index contributed by atoms with van der Waals surface area (Å²) in [5.74, 6) is 0.275. The van der Waals surface area contributed by atoms with Crippen LogP contribution in [0.2, 0.25) is 0 Å². The smallest absolute Gasteiger partial charge is 0.302 e. The van der Waals surface area contributed by atoms with Gasteiger partial charge in [0.1, 0.15) is 6.10 Å². The van der Waals surface area contributed by atoms with Crippen molar-refractivity contribution < 1.29 is 24.3 Å². The Kier molecular flexibility index (Phi) is 7.68. The Hall–Kier alpha value is -2.71. The zero-order valence-corrected chi connectivity index (χ0v) is 29.0. The molecule has 0 heterocycles. The van der Waals surface area contributed by atoms with Crippen molar-refractivity contribution >= 4 is 29.0 Å². The highest BCUT2D eigenvalue weighted by Gasteiger charge is 2.70. The monoisotopic (exact) mass is 633 g/mol. The second kappa shape index (κ2) is 10.6. The Bertz CT molecular complexity index is 1470. The number of ether oxygens (including phenoxy) is 1. The zero-order chi connectivity index (χ0) is 33.7. The van der Waals surface area contributed by atoms with Crippen LogP contribution in [-0.4, -0.2) is 29.0 Å². The fourth-order valence-electron chi connectivity index (χ4n) is 11.7. The van der Waals surface area contributed by atoms with E-state index in [1.165, 1.54) is 24.6 Å². The molecule has 6 rings (SSSR count). The molecule has 46 heavy (non-hydrogen) atoms. The number of hydrogen-bond donors (Lipinski definition) is 2. The van der Waals surface area contributed by atoms with Crippen LogP contribution in [0.1, 0.15) is 113 Å². The molecule has 0 aliphatic heterocycles. The van der Waals surface area contributed by atoms with Gasteiger partial charge in [-0.25, -0.2) is 0 Å². The predicted octanol–water partition coefficient (Wildman–Crippen LogP) is 8.23. The van der Waals surface area contributed by atoms with E-state index in [1.807, 2.05) is 6.08 Å². The molecular weight excluding hydrogens is 580 g/mol. The minimum atomic E-state index is -0.618. The predicted molar refractivity (Wildman–Crippen MR) is 178 cm³/mol. The van der Waals surface area contributed by atoms with Gasteiger partial charge in [0, 0.05) is 29.4 Å². The molecule has 1 amide bonds. The van der Waals surface area contributed by atoms with Crippen LogP contribution in [0.5, 0.6) is 0 Å².